The number of aromatic nitrogens is 3. The lowest BCUT2D eigenvalue weighted by Gasteiger charge is -2.05. The van der Waals surface area contributed by atoms with Crippen LogP contribution in [0.25, 0.3) is 11.0 Å². The molecule has 3 aromatic rings. The van der Waals surface area contributed by atoms with Crippen molar-refractivity contribution in [3.05, 3.63) is 60.0 Å². The van der Waals surface area contributed by atoms with Crippen LogP contribution < -0.4 is 16.4 Å². The number of benzene rings is 1. The molecule has 0 atom stereocenters. The summed E-state index contributed by atoms with van der Waals surface area (Å²) in [5.41, 5.74) is 0.946. The van der Waals surface area contributed by atoms with E-state index in [0.717, 1.165) is 23.5 Å². The summed E-state index contributed by atoms with van der Waals surface area (Å²) in [7, 11) is 0. The maximum Gasteiger partial charge on any atom is 0.314 e. The highest BCUT2D eigenvalue weighted by molar-refractivity contribution is 7.11. The molecule has 130 valence electrons. The lowest BCUT2D eigenvalue weighted by Crippen LogP contribution is -2.29. The lowest BCUT2D eigenvalue weighted by atomic mass is 10.2. The predicted octanol–water partition coefficient (Wildman–Crippen LogP) is 1.65. The number of hydrogen-bond donors (Lipinski definition) is 3. The zero-order valence-electron chi connectivity index (χ0n) is 13.9. The number of hydrogen-bond acceptors (Lipinski definition) is 5. The molecule has 25 heavy (non-hydrogen) atoms. The third-order valence-electron chi connectivity index (χ3n) is 3.91. The molecule has 3 N–H and O–H groups in total. The molecule has 7 nitrogen and oxygen atoms in total. The Bertz CT molecular complexity index is 1030. The summed E-state index contributed by atoms with van der Waals surface area (Å²) < 4.78 is 0. The fourth-order valence-corrected chi connectivity index (χ4v) is 3.42. The molecule has 0 radical (unpaired) electrons. The zero-order chi connectivity index (χ0) is 18.0. The minimum Gasteiger partial charge on any atom is -0.352 e. The smallest absolute Gasteiger partial charge is 0.314 e. The third kappa shape index (κ3) is 3.85. The standard InChI is InChI=1S/C17H18N4O3S/c1-9-10(2)25-14(19-9)4-3-7-18-15(22)11-5-6-12-13(8-11)21-17(24)16(23)20-12/h5-6,8H,3-4,7H2,1-2H3,(H,18,22)(H,20,23)(H,21,24). The number of carbonyl (C=O) groups excluding carboxylic acids is 1. The van der Waals surface area contributed by atoms with Crippen LogP contribution in [0.1, 0.15) is 32.4 Å². The van der Waals surface area contributed by atoms with Gasteiger partial charge >= 0.3 is 11.1 Å². The Hall–Kier alpha value is -2.74. The second kappa shape index (κ2) is 7.02. The van der Waals surface area contributed by atoms with Crippen LogP contribution in [0, 0.1) is 13.8 Å². The van der Waals surface area contributed by atoms with E-state index in [1.807, 2.05) is 6.92 Å². The van der Waals surface area contributed by atoms with E-state index in [4.69, 9.17) is 0 Å². The highest BCUT2D eigenvalue weighted by Gasteiger charge is 2.08. The number of aromatic amines is 2. The van der Waals surface area contributed by atoms with Gasteiger partial charge in [0.1, 0.15) is 0 Å². The quantitative estimate of drug-likeness (QED) is 0.476. The van der Waals surface area contributed by atoms with E-state index in [1.54, 1.807) is 29.5 Å². The average molecular weight is 358 g/mol. The topological polar surface area (TPSA) is 108 Å². The van der Waals surface area contributed by atoms with Gasteiger partial charge in [-0.1, -0.05) is 0 Å². The van der Waals surface area contributed by atoms with Gasteiger partial charge in [0.2, 0.25) is 0 Å². The lowest BCUT2D eigenvalue weighted by molar-refractivity contribution is 0.0953. The number of fused-ring (bicyclic) bond motifs is 1. The monoisotopic (exact) mass is 358 g/mol. The molecule has 0 fully saturated rings. The molecule has 2 aromatic heterocycles. The SMILES string of the molecule is Cc1nc(CCCNC(=O)c2ccc3[nH]c(=O)c(=O)[nH]c3c2)sc1C. The van der Waals surface area contributed by atoms with Crippen molar-refractivity contribution in [2.24, 2.45) is 0 Å². The van der Waals surface area contributed by atoms with Gasteiger partial charge < -0.3 is 15.3 Å². The second-order valence-electron chi connectivity index (χ2n) is 5.78. The largest absolute Gasteiger partial charge is 0.352 e. The Morgan fingerprint density at radius 2 is 1.88 bits per heavy atom. The van der Waals surface area contributed by atoms with Crippen LogP contribution in [0.5, 0.6) is 0 Å². The fraction of sp³-hybridized carbons (Fsp3) is 0.294. The molecule has 0 spiro atoms. The maximum absolute atomic E-state index is 12.2. The number of nitrogens with zero attached hydrogens (tertiary/aromatic N) is 1. The number of nitrogens with one attached hydrogen (secondary N) is 3. The van der Waals surface area contributed by atoms with E-state index < -0.39 is 11.1 Å². The van der Waals surface area contributed by atoms with Crippen molar-refractivity contribution in [1.29, 1.82) is 0 Å². The molecule has 2 heterocycles. The Kier molecular flexibility index (Phi) is 4.80. The van der Waals surface area contributed by atoms with Crippen LogP contribution in [-0.4, -0.2) is 27.4 Å². The van der Waals surface area contributed by atoms with Crippen molar-refractivity contribution in [1.82, 2.24) is 20.3 Å². The average Bonchev–Trinajstić information content (AvgIpc) is 2.90. The maximum atomic E-state index is 12.2. The van der Waals surface area contributed by atoms with Gasteiger partial charge in [-0.2, -0.15) is 0 Å². The second-order valence-corrected chi connectivity index (χ2v) is 7.07. The van der Waals surface area contributed by atoms with Crippen LogP contribution >= 0.6 is 11.3 Å². The molecular weight excluding hydrogens is 340 g/mol. The molecule has 8 heteroatoms. The van der Waals surface area contributed by atoms with Crippen molar-refractivity contribution in [3.8, 4) is 0 Å². The molecule has 0 bridgehead atoms. The molecule has 0 saturated heterocycles. The minimum atomic E-state index is -0.737. The highest BCUT2D eigenvalue weighted by Crippen LogP contribution is 2.17. The van der Waals surface area contributed by atoms with Gasteiger partial charge in [0.25, 0.3) is 5.91 Å². The number of amides is 1. The fourth-order valence-electron chi connectivity index (χ4n) is 2.45. The Morgan fingerprint density at radius 1 is 1.16 bits per heavy atom. The van der Waals surface area contributed by atoms with Gasteiger partial charge in [0.05, 0.1) is 21.7 Å². The molecule has 1 amide bonds. The summed E-state index contributed by atoms with van der Waals surface area (Å²) in [4.78, 5) is 45.5. The van der Waals surface area contributed by atoms with E-state index >= 15 is 0 Å². The molecule has 0 unspecified atom stereocenters. The molecule has 0 saturated carbocycles. The third-order valence-corrected chi connectivity index (χ3v) is 5.04. The van der Waals surface area contributed by atoms with Crippen LogP contribution in [-0.2, 0) is 6.42 Å². The van der Waals surface area contributed by atoms with Crippen LogP contribution in [0.4, 0.5) is 0 Å². The molecule has 1 aromatic carbocycles. The Morgan fingerprint density at radius 3 is 2.56 bits per heavy atom. The van der Waals surface area contributed by atoms with Gasteiger partial charge in [-0.15, -0.1) is 11.3 Å². The van der Waals surface area contributed by atoms with Gasteiger partial charge in [-0.25, -0.2) is 4.98 Å². The molecular formula is C17H18N4O3S. The number of rotatable bonds is 5. The van der Waals surface area contributed by atoms with Crippen molar-refractivity contribution in [2.75, 3.05) is 6.54 Å². The minimum absolute atomic E-state index is 0.222. The van der Waals surface area contributed by atoms with E-state index in [-0.39, 0.29) is 5.91 Å². The Balaban J connectivity index is 1.61. The first kappa shape index (κ1) is 17.1. The normalized spacial score (nSPS) is 11.0. The highest BCUT2D eigenvalue weighted by atomic mass is 32.1. The molecule has 0 aliphatic carbocycles. The first-order valence-electron chi connectivity index (χ1n) is 7.91. The van der Waals surface area contributed by atoms with Crippen molar-refractivity contribution >= 4 is 28.3 Å². The summed E-state index contributed by atoms with van der Waals surface area (Å²) >= 11 is 1.69. The summed E-state index contributed by atoms with van der Waals surface area (Å²) in [5.74, 6) is -0.222. The van der Waals surface area contributed by atoms with Crippen LogP contribution in [0.2, 0.25) is 0 Å². The summed E-state index contributed by atoms with van der Waals surface area (Å²) in [6, 6.07) is 4.76. The zero-order valence-corrected chi connectivity index (χ0v) is 14.8. The van der Waals surface area contributed by atoms with Gasteiger partial charge in [-0.3, -0.25) is 14.4 Å². The van der Waals surface area contributed by atoms with Gasteiger partial charge in [-0.05, 0) is 38.5 Å². The van der Waals surface area contributed by atoms with Crippen molar-refractivity contribution in [2.45, 2.75) is 26.7 Å². The summed E-state index contributed by atoms with van der Waals surface area (Å²) in [6.45, 7) is 4.58. The van der Waals surface area contributed by atoms with Crippen molar-refractivity contribution < 1.29 is 4.79 Å². The molecule has 0 aliphatic rings. The van der Waals surface area contributed by atoms with Gasteiger partial charge in [0, 0.05) is 23.4 Å². The first-order chi connectivity index (χ1) is 11.9. The predicted molar refractivity (Wildman–Crippen MR) is 97.4 cm³/mol. The first-order valence-corrected chi connectivity index (χ1v) is 8.73. The number of aryl methyl sites for hydroxylation is 3. The Labute approximate surface area is 147 Å². The van der Waals surface area contributed by atoms with E-state index in [1.165, 1.54) is 4.88 Å². The van der Waals surface area contributed by atoms with E-state index in [2.05, 4.69) is 27.2 Å². The molecule has 3 rings (SSSR count). The van der Waals surface area contributed by atoms with Crippen LogP contribution in [0.3, 0.4) is 0 Å². The van der Waals surface area contributed by atoms with E-state index in [0.29, 0.717) is 23.1 Å². The number of carbonyl (C=O) groups is 1. The number of H-pyrrole nitrogens is 2. The summed E-state index contributed by atoms with van der Waals surface area (Å²) in [5, 5.41) is 3.94. The van der Waals surface area contributed by atoms with Crippen molar-refractivity contribution in [3.63, 3.8) is 0 Å². The van der Waals surface area contributed by atoms with E-state index in [9.17, 15) is 14.4 Å². The van der Waals surface area contributed by atoms with Gasteiger partial charge in [0.15, 0.2) is 0 Å². The van der Waals surface area contributed by atoms with Crippen LogP contribution in [0.15, 0.2) is 27.8 Å². The molecule has 0 aliphatic heterocycles. The number of thiazole rings is 1. The summed E-state index contributed by atoms with van der Waals surface area (Å²) in [6.07, 6.45) is 1.63.